The van der Waals surface area contributed by atoms with Gasteiger partial charge >= 0.3 is 0 Å². The smallest absolute Gasteiger partial charge is 0.0955 e. The van der Waals surface area contributed by atoms with E-state index in [9.17, 15) is 0 Å². The lowest BCUT2D eigenvalue weighted by Gasteiger charge is -2.23. The van der Waals surface area contributed by atoms with Gasteiger partial charge in [0.2, 0.25) is 0 Å². The Morgan fingerprint density at radius 3 is 2.35 bits per heavy atom. The van der Waals surface area contributed by atoms with Gasteiger partial charge in [-0.05, 0) is 39.2 Å². The van der Waals surface area contributed by atoms with E-state index in [1.165, 1.54) is 22.4 Å². The number of aryl methyl sites for hydroxylation is 1. The number of rotatable bonds is 2. The van der Waals surface area contributed by atoms with Gasteiger partial charge in [0.25, 0.3) is 0 Å². The number of nitrogens with zero attached hydrogens (tertiary/aromatic N) is 2. The summed E-state index contributed by atoms with van der Waals surface area (Å²) in [4.78, 5) is 0. The van der Waals surface area contributed by atoms with Crippen molar-refractivity contribution in [2.75, 3.05) is 13.2 Å². The Kier molecular flexibility index (Phi) is 3.62. The summed E-state index contributed by atoms with van der Waals surface area (Å²) in [7, 11) is 0. The zero-order valence-corrected chi connectivity index (χ0v) is 12.5. The van der Waals surface area contributed by atoms with Crippen LogP contribution in [-0.2, 0) is 4.74 Å². The molecule has 3 nitrogen and oxygen atoms in total. The molecule has 2 aromatic rings. The highest BCUT2D eigenvalue weighted by Gasteiger charge is 2.21. The summed E-state index contributed by atoms with van der Waals surface area (Å²) >= 11 is 0. The Bertz CT molecular complexity index is 592. The second kappa shape index (κ2) is 5.41. The molecule has 1 fully saturated rings. The van der Waals surface area contributed by atoms with Crippen molar-refractivity contribution in [2.24, 2.45) is 0 Å². The molecule has 3 rings (SSSR count). The van der Waals surface area contributed by atoms with E-state index in [2.05, 4.69) is 49.7 Å². The Balaban J connectivity index is 1.98. The van der Waals surface area contributed by atoms with E-state index in [1.807, 2.05) is 0 Å². The van der Waals surface area contributed by atoms with Gasteiger partial charge in [-0.3, -0.25) is 4.68 Å². The fourth-order valence-electron chi connectivity index (χ4n) is 2.87. The van der Waals surface area contributed by atoms with Crippen LogP contribution in [-0.4, -0.2) is 23.0 Å². The lowest BCUT2D eigenvalue weighted by Crippen LogP contribution is -2.21. The number of hydrogen-bond donors (Lipinski definition) is 0. The standard InChI is InChI=1S/C17H22N2O/c1-12-4-6-15(7-5-12)17-13(2)14(3)19(18-17)16-8-10-20-11-9-16/h4-7,16H,8-11H2,1-3H3. The van der Waals surface area contributed by atoms with Crippen molar-refractivity contribution in [3.05, 3.63) is 41.1 Å². The molecule has 0 aliphatic carbocycles. The molecular weight excluding hydrogens is 248 g/mol. The summed E-state index contributed by atoms with van der Waals surface area (Å²) in [5, 5.41) is 4.89. The third-order valence-electron chi connectivity index (χ3n) is 4.31. The van der Waals surface area contributed by atoms with Crippen LogP contribution in [0.2, 0.25) is 0 Å². The molecule has 2 heterocycles. The maximum Gasteiger partial charge on any atom is 0.0955 e. The van der Waals surface area contributed by atoms with Crippen LogP contribution in [0, 0.1) is 20.8 Å². The Hall–Kier alpha value is -1.61. The molecular formula is C17H22N2O. The molecule has 3 heteroatoms. The zero-order valence-electron chi connectivity index (χ0n) is 12.5. The lowest BCUT2D eigenvalue weighted by atomic mass is 10.1. The van der Waals surface area contributed by atoms with Gasteiger partial charge in [0, 0.05) is 24.5 Å². The average Bonchev–Trinajstić information content (AvgIpc) is 2.77. The van der Waals surface area contributed by atoms with E-state index >= 15 is 0 Å². The zero-order chi connectivity index (χ0) is 14.1. The van der Waals surface area contributed by atoms with Crippen LogP contribution in [0.15, 0.2) is 24.3 Å². The summed E-state index contributed by atoms with van der Waals surface area (Å²) in [5.41, 5.74) is 6.19. The highest BCUT2D eigenvalue weighted by atomic mass is 16.5. The third-order valence-corrected chi connectivity index (χ3v) is 4.31. The van der Waals surface area contributed by atoms with Gasteiger partial charge in [0.05, 0.1) is 11.7 Å². The van der Waals surface area contributed by atoms with E-state index in [0.29, 0.717) is 6.04 Å². The van der Waals surface area contributed by atoms with Crippen molar-refractivity contribution in [1.29, 1.82) is 0 Å². The predicted octanol–water partition coefficient (Wildman–Crippen LogP) is 3.83. The van der Waals surface area contributed by atoms with Crippen LogP contribution in [0.3, 0.4) is 0 Å². The van der Waals surface area contributed by atoms with Crippen molar-refractivity contribution >= 4 is 0 Å². The molecule has 0 radical (unpaired) electrons. The first-order chi connectivity index (χ1) is 9.66. The fourth-order valence-corrected chi connectivity index (χ4v) is 2.87. The summed E-state index contributed by atoms with van der Waals surface area (Å²) in [6.45, 7) is 8.16. The molecule has 1 aromatic heterocycles. The van der Waals surface area contributed by atoms with Crippen molar-refractivity contribution in [1.82, 2.24) is 9.78 Å². The lowest BCUT2D eigenvalue weighted by molar-refractivity contribution is 0.0657. The molecule has 20 heavy (non-hydrogen) atoms. The van der Waals surface area contributed by atoms with E-state index in [1.54, 1.807) is 0 Å². The van der Waals surface area contributed by atoms with Crippen molar-refractivity contribution in [3.63, 3.8) is 0 Å². The highest BCUT2D eigenvalue weighted by molar-refractivity contribution is 5.64. The molecule has 0 amide bonds. The predicted molar refractivity (Wildman–Crippen MR) is 81.0 cm³/mol. The van der Waals surface area contributed by atoms with Gasteiger partial charge < -0.3 is 4.74 Å². The first-order valence-electron chi connectivity index (χ1n) is 7.37. The van der Waals surface area contributed by atoms with Crippen molar-refractivity contribution in [3.8, 4) is 11.3 Å². The van der Waals surface area contributed by atoms with E-state index < -0.39 is 0 Å². The SMILES string of the molecule is Cc1ccc(-c2nn(C3CCOCC3)c(C)c2C)cc1. The molecule has 1 aliphatic heterocycles. The minimum absolute atomic E-state index is 0.488. The Morgan fingerprint density at radius 1 is 1.05 bits per heavy atom. The molecule has 1 aromatic carbocycles. The van der Waals surface area contributed by atoms with Gasteiger partial charge in [0.15, 0.2) is 0 Å². The maximum atomic E-state index is 5.45. The van der Waals surface area contributed by atoms with Crippen LogP contribution in [0.4, 0.5) is 0 Å². The minimum atomic E-state index is 0.488. The summed E-state index contributed by atoms with van der Waals surface area (Å²) in [6.07, 6.45) is 2.13. The Labute approximate surface area is 120 Å². The quantitative estimate of drug-likeness (QED) is 0.829. The van der Waals surface area contributed by atoms with Gasteiger partial charge in [-0.25, -0.2) is 0 Å². The largest absolute Gasteiger partial charge is 0.381 e. The van der Waals surface area contributed by atoms with Crippen molar-refractivity contribution < 1.29 is 4.74 Å². The third kappa shape index (κ3) is 2.38. The van der Waals surface area contributed by atoms with Crippen LogP contribution in [0.25, 0.3) is 11.3 Å². The van der Waals surface area contributed by atoms with Gasteiger partial charge in [-0.2, -0.15) is 5.10 Å². The van der Waals surface area contributed by atoms with Gasteiger partial charge in [-0.15, -0.1) is 0 Å². The molecule has 0 bridgehead atoms. The van der Waals surface area contributed by atoms with Gasteiger partial charge in [0.1, 0.15) is 0 Å². The number of aromatic nitrogens is 2. The van der Waals surface area contributed by atoms with Crippen LogP contribution in [0.5, 0.6) is 0 Å². The van der Waals surface area contributed by atoms with Gasteiger partial charge in [-0.1, -0.05) is 29.8 Å². The minimum Gasteiger partial charge on any atom is -0.381 e. The summed E-state index contributed by atoms with van der Waals surface area (Å²) in [6, 6.07) is 9.12. The summed E-state index contributed by atoms with van der Waals surface area (Å²) in [5.74, 6) is 0. The van der Waals surface area contributed by atoms with Crippen molar-refractivity contribution in [2.45, 2.75) is 39.7 Å². The molecule has 1 saturated heterocycles. The van der Waals surface area contributed by atoms with Crippen LogP contribution < -0.4 is 0 Å². The Morgan fingerprint density at radius 2 is 1.70 bits per heavy atom. The van der Waals surface area contributed by atoms with Crippen LogP contribution in [0.1, 0.15) is 35.7 Å². The van der Waals surface area contributed by atoms with Crippen LogP contribution >= 0.6 is 0 Å². The number of hydrogen-bond acceptors (Lipinski definition) is 2. The number of ether oxygens (including phenoxy) is 1. The highest BCUT2D eigenvalue weighted by Crippen LogP contribution is 2.29. The molecule has 106 valence electrons. The first kappa shape index (κ1) is 13.4. The monoisotopic (exact) mass is 270 g/mol. The van der Waals surface area contributed by atoms with E-state index in [0.717, 1.165) is 31.7 Å². The second-order valence-corrected chi connectivity index (χ2v) is 5.71. The molecule has 0 atom stereocenters. The fraction of sp³-hybridized carbons (Fsp3) is 0.471. The number of benzene rings is 1. The molecule has 0 saturated carbocycles. The molecule has 0 N–H and O–H groups in total. The summed E-state index contributed by atoms with van der Waals surface area (Å²) < 4.78 is 7.67. The second-order valence-electron chi connectivity index (χ2n) is 5.71. The van der Waals surface area contributed by atoms with E-state index in [4.69, 9.17) is 9.84 Å². The van der Waals surface area contributed by atoms with E-state index in [-0.39, 0.29) is 0 Å². The average molecular weight is 270 g/mol. The first-order valence-corrected chi connectivity index (χ1v) is 7.37. The maximum absolute atomic E-state index is 5.45. The molecule has 0 unspecified atom stereocenters. The molecule has 1 aliphatic rings. The molecule has 0 spiro atoms. The topological polar surface area (TPSA) is 27.1 Å². The normalized spacial score (nSPS) is 16.6.